The van der Waals surface area contributed by atoms with Gasteiger partial charge in [-0.25, -0.2) is 0 Å². The summed E-state index contributed by atoms with van der Waals surface area (Å²) < 4.78 is 75.5. The summed E-state index contributed by atoms with van der Waals surface area (Å²) in [6, 6.07) is 1.62. The van der Waals surface area contributed by atoms with Crippen molar-refractivity contribution in [2.75, 3.05) is 6.54 Å². The lowest BCUT2D eigenvalue weighted by atomic mass is 9.88. The summed E-state index contributed by atoms with van der Waals surface area (Å²) in [5.74, 6) is 0. The van der Waals surface area contributed by atoms with Crippen LogP contribution in [0.1, 0.15) is 16.7 Å². The highest BCUT2D eigenvalue weighted by Gasteiger charge is 2.54. The van der Waals surface area contributed by atoms with Crippen LogP contribution in [0.25, 0.3) is 0 Å². The number of nitrogens with two attached hydrogens (primary N) is 1. The Morgan fingerprint density at radius 1 is 1.11 bits per heavy atom. The largest absolute Gasteiger partial charge is 0.422 e. The third-order valence-electron chi connectivity index (χ3n) is 2.76. The molecule has 0 heterocycles. The fraction of sp³-hybridized carbons (Fsp3) is 0.455. The molecule has 1 aromatic rings. The van der Waals surface area contributed by atoms with Crippen molar-refractivity contribution < 1.29 is 31.4 Å². The van der Waals surface area contributed by atoms with E-state index in [9.17, 15) is 31.4 Å². The van der Waals surface area contributed by atoms with Crippen molar-refractivity contribution in [3.8, 4) is 0 Å². The van der Waals surface area contributed by atoms with E-state index in [1.54, 1.807) is 0 Å². The van der Waals surface area contributed by atoms with Gasteiger partial charge in [-0.1, -0.05) is 6.07 Å². The van der Waals surface area contributed by atoms with Crippen LogP contribution in [0.4, 0.5) is 26.3 Å². The molecular formula is C11H11F6NO. The minimum Gasteiger partial charge on any atom is -0.375 e. The quantitative estimate of drug-likeness (QED) is 0.822. The van der Waals surface area contributed by atoms with Crippen molar-refractivity contribution in [1.29, 1.82) is 0 Å². The number of benzene rings is 1. The minimum atomic E-state index is -5.08. The molecule has 0 radical (unpaired) electrons. The van der Waals surface area contributed by atoms with Gasteiger partial charge < -0.3 is 10.8 Å². The van der Waals surface area contributed by atoms with Crippen LogP contribution in [-0.4, -0.2) is 17.8 Å². The van der Waals surface area contributed by atoms with Crippen LogP contribution < -0.4 is 5.73 Å². The molecule has 1 atom stereocenters. The number of rotatable bonds is 2. The lowest BCUT2D eigenvalue weighted by Gasteiger charge is -2.31. The van der Waals surface area contributed by atoms with Gasteiger partial charge in [-0.15, -0.1) is 0 Å². The van der Waals surface area contributed by atoms with Crippen molar-refractivity contribution in [3.05, 3.63) is 34.9 Å². The molecule has 1 unspecified atom stereocenters. The van der Waals surface area contributed by atoms with Crippen LogP contribution in [0.3, 0.4) is 0 Å². The molecule has 3 N–H and O–H groups in total. The van der Waals surface area contributed by atoms with E-state index in [0.717, 1.165) is 6.92 Å². The summed E-state index contributed by atoms with van der Waals surface area (Å²) in [5, 5.41) is 9.57. The monoisotopic (exact) mass is 287 g/mol. The van der Waals surface area contributed by atoms with E-state index in [0.29, 0.717) is 18.2 Å². The van der Waals surface area contributed by atoms with E-state index in [2.05, 4.69) is 0 Å². The van der Waals surface area contributed by atoms with E-state index in [1.807, 2.05) is 0 Å². The Bertz CT molecular complexity index is 467. The molecule has 0 saturated heterocycles. The molecule has 1 aromatic carbocycles. The smallest absolute Gasteiger partial charge is 0.375 e. The number of aliphatic hydroxyl groups is 1. The van der Waals surface area contributed by atoms with Crippen LogP contribution in [0, 0.1) is 6.92 Å². The highest BCUT2D eigenvalue weighted by Crippen LogP contribution is 2.41. The number of hydrogen-bond acceptors (Lipinski definition) is 2. The maximum atomic E-state index is 12.8. The maximum Gasteiger partial charge on any atom is 0.422 e. The SMILES string of the molecule is Cc1cc(C(F)(F)F)ccc1C(O)(CN)C(F)(F)F. The first kappa shape index (κ1) is 15.8. The standard InChI is InChI=1S/C11H11F6NO/c1-6-4-7(10(12,13)14)2-3-8(6)9(19,5-18)11(15,16)17/h2-4,19H,5,18H2,1H3. The Balaban J connectivity index is 3.37. The average Bonchev–Trinajstić information content (AvgIpc) is 2.25. The maximum absolute atomic E-state index is 12.8. The zero-order valence-electron chi connectivity index (χ0n) is 9.73. The normalized spacial score (nSPS) is 16.3. The second-order valence-corrected chi connectivity index (χ2v) is 4.09. The van der Waals surface area contributed by atoms with Gasteiger partial charge in [-0.2, -0.15) is 26.3 Å². The Morgan fingerprint density at radius 3 is 1.95 bits per heavy atom. The van der Waals surface area contributed by atoms with Crippen molar-refractivity contribution in [1.82, 2.24) is 0 Å². The van der Waals surface area contributed by atoms with E-state index < -0.39 is 35.6 Å². The number of halogens is 6. The molecule has 0 saturated carbocycles. The van der Waals surface area contributed by atoms with Gasteiger partial charge in [0, 0.05) is 6.54 Å². The van der Waals surface area contributed by atoms with E-state index in [1.165, 1.54) is 0 Å². The average molecular weight is 287 g/mol. The molecule has 0 amide bonds. The van der Waals surface area contributed by atoms with Crippen LogP contribution in [0.2, 0.25) is 0 Å². The van der Waals surface area contributed by atoms with E-state index in [4.69, 9.17) is 5.73 Å². The summed E-state index contributed by atoms with van der Waals surface area (Å²) in [6.07, 6.45) is -9.74. The summed E-state index contributed by atoms with van der Waals surface area (Å²) in [6.45, 7) is -0.125. The van der Waals surface area contributed by atoms with Crippen molar-refractivity contribution in [3.63, 3.8) is 0 Å². The van der Waals surface area contributed by atoms with Gasteiger partial charge in [0.05, 0.1) is 5.56 Å². The van der Waals surface area contributed by atoms with Gasteiger partial charge >= 0.3 is 12.4 Å². The van der Waals surface area contributed by atoms with Gasteiger partial charge in [-0.05, 0) is 30.2 Å². The summed E-state index contributed by atoms with van der Waals surface area (Å²) >= 11 is 0. The van der Waals surface area contributed by atoms with E-state index >= 15 is 0 Å². The topological polar surface area (TPSA) is 46.2 Å². The Kier molecular flexibility index (Phi) is 3.88. The third kappa shape index (κ3) is 2.84. The molecule has 0 aliphatic rings. The van der Waals surface area contributed by atoms with Crippen molar-refractivity contribution in [2.24, 2.45) is 5.73 Å². The second-order valence-electron chi connectivity index (χ2n) is 4.09. The summed E-state index contributed by atoms with van der Waals surface area (Å²) in [7, 11) is 0. The number of hydrogen-bond donors (Lipinski definition) is 2. The Labute approximate surface area is 104 Å². The summed E-state index contributed by atoms with van der Waals surface area (Å²) in [4.78, 5) is 0. The fourth-order valence-corrected chi connectivity index (χ4v) is 1.68. The molecule has 0 aromatic heterocycles. The highest BCUT2D eigenvalue weighted by atomic mass is 19.4. The van der Waals surface area contributed by atoms with Gasteiger partial charge in [0.1, 0.15) is 0 Å². The van der Waals surface area contributed by atoms with E-state index in [-0.39, 0.29) is 5.56 Å². The first-order valence-corrected chi connectivity index (χ1v) is 5.11. The molecule has 2 nitrogen and oxygen atoms in total. The van der Waals surface area contributed by atoms with Gasteiger partial charge in [0.2, 0.25) is 0 Å². The zero-order valence-corrected chi connectivity index (χ0v) is 9.73. The van der Waals surface area contributed by atoms with Crippen molar-refractivity contribution >= 4 is 0 Å². The van der Waals surface area contributed by atoms with Crippen LogP contribution in [0.5, 0.6) is 0 Å². The molecule has 19 heavy (non-hydrogen) atoms. The van der Waals surface area contributed by atoms with Crippen LogP contribution >= 0.6 is 0 Å². The van der Waals surface area contributed by atoms with Gasteiger partial charge in [0.15, 0.2) is 5.60 Å². The highest BCUT2D eigenvalue weighted by molar-refractivity contribution is 5.37. The molecule has 8 heteroatoms. The Morgan fingerprint density at radius 2 is 1.63 bits per heavy atom. The third-order valence-corrected chi connectivity index (χ3v) is 2.76. The lowest BCUT2D eigenvalue weighted by Crippen LogP contribution is -2.48. The summed E-state index contributed by atoms with van der Waals surface area (Å²) in [5.41, 5.74) is -0.540. The molecular weight excluding hydrogens is 276 g/mol. The Hall–Kier alpha value is -1.28. The zero-order chi connectivity index (χ0) is 15.1. The van der Waals surface area contributed by atoms with Gasteiger partial charge in [0.25, 0.3) is 0 Å². The van der Waals surface area contributed by atoms with Crippen LogP contribution in [-0.2, 0) is 11.8 Å². The predicted molar refractivity (Wildman–Crippen MR) is 55.2 cm³/mol. The van der Waals surface area contributed by atoms with Crippen LogP contribution in [0.15, 0.2) is 18.2 Å². The van der Waals surface area contributed by atoms with Gasteiger partial charge in [-0.3, -0.25) is 0 Å². The number of alkyl halides is 6. The molecule has 0 spiro atoms. The molecule has 0 fully saturated rings. The molecule has 108 valence electrons. The first-order valence-electron chi connectivity index (χ1n) is 5.11. The van der Waals surface area contributed by atoms with Crippen molar-refractivity contribution in [2.45, 2.75) is 24.9 Å². The first-order chi connectivity index (χ1) is 8.43. The predicted octanol–water partition coefficient (Wildman–Crippen LogP) is 2.72. The molecule has 0 bridgehead atoms. The molecule has 0 aliphatic carbocycles. The molecule has 1 rings (SSSR count). The lowest BCUT2D eigenvalue weighted by molar-refractivity contribution is -0.262. The number of aryl methyl sites for hydroxylation is 1. The second kappa shape index (κ2) is 4.68. The minimum absolute atomic E-state index is 0.333. The fourth-order valence-electron chi connectivity index (χ4n) is 1.68. The molecule has 0 aliphatic heterocycles.